The normalized spacial score (nSPS) is 18.8. The first-order valence-corrected chi connectivity index (χ1v) is 11.6. The summed E-state index contributed by atoms with van der Waals surface area (Å²) in [4.78, 5) is 11.5. The van der Waals surface area contributed by atoms with E-state index >= 15 is 0 Å². The summed E-state index contributed by atoms with van der Waals surface area (Å²) >= 11 is 3.25. The van der Waals surface area contributed by atoms with Crippen LogP contribution in [0.4, 0.5) is 16.2 Å². The predicted octanol–water partition coefficient (Wildman–Crippen LogP) is 5.36. The summed E-state index contributed by atoms with van der Waals surface area (Å²) in [6.07, 6.45) is 4.57. The summed E-state index contributed by atoms with van der Waals surface area (Å²) in [5.74, 6) is 2.10. The molecule has 1 aliphatic carbocycles. The molecular weight excluding hydrogens is 457 g/mol. The fourth-order valence-electron chi connectivity index (χ4n) is 4.23. The molecule has 1 fully saturated rings. The van der Waals surface area contributed by atoms with Crippen molar-refractivity contribution in [2.24, 2.45) is 5.92 Å². The van der Waals surface area contributed by atoms with Gasteiger partial charge in [0.1, 0.15) is 11.6 Å². The van der Waals surface area contributed by atoms with Crippen LogP contribution in [-0.4, -0.2) is 36.6 Å². The highest BCUT2D eigenvalue weighted by atomic mass is 79.9. The molecule has 0 spiro atoms. The summed E-state index contributed by atoms with van der Waals surface area (Å²) in [6.45, 7) is 1.74. The van der Waals surface area contributed by atoms with Crippen molar-refractivity contribution in [3.05, 3.63) is 58.3 Å². The van der Waals surface area contributed by atoms with E-state index in [9.17, 15) is 4.39 Å². The van der Waals surface area contributed by atoms with Crippen LogP contribution in [0.25, 0.3) is 10.9 Å². The van der Waals surface area contributed by atoms with Crippen LogP contribution in [0.15, 0.2) is 46.9 Å². The molecule has 0 aliphatic heterocycles. The summed E-state index contributed by atoms with van der Waals surface area (Å²) in [7, 11) is 4.03. The lowest BCUT2D eigenvalue weighted by Gasteiger charge is -2.29. The Hall–Kier alpha value is -2.25. The first-order chi connectivity index (χ1) is 15.0. The highest BCUT2D eigenvalue weighted by Gasteiger charge is 2.22. The summed E-state index contributed by atoms with van der Waals surface area (Å²) in [5.41, 5.74) is 2.06. The molecule has 3 aromatic rings. The first kappa shape index (κ1) is 22.0. The molecule has 0 bridgehead atoms. The third kappa shape index (κ3) is 5.52. The van der Waals surface area contributed by atoms with Crippen LogP contribution < -0.4 is 15.5 Å². The van der Waals surface area contributed by atoms with E-state index in [1.54, 1.807) is 0 Å². The number of anilines is 2. The zero-order chi connectivity index (χ0) is 21.8. The lowest BCUT2D eigenvalue weighted by Crippen LogP contribution is -2.31. The maximum absolute atomic E-state index is 13.4. The molecule has 0 unspecified atom stereocenters. The van der Waals surface area contributed by atoms with E-state index in [-0.39, 0.29) is 5.82 Å². The number of para-hydroxylation sites is 1. The van der Waals surface area contributed by atoms with Crippen molar-refractivity contribution in [3.63, 3.8) is 0 Å². The van der Waals surface area contributed by atoms with E-state index in [1.807, 2.05) is 49.3 Å². The quantitative estimate of drug-likeness (QED) is 0.471. The Morgan fingerprint density at radius 2 is 1.84 bits per heavy atom. The van der Waals surface area contributed by atoms with Gasteiger partial charge in [0.15, 0.2) is 0 Å². The molecule has 164 valence electrons. The van der Waals surface area contributed by atoms with Crippen LogP contribution in [0.5, 0.6) is 0 Å². The molecule has 1 heterocycles. The average Bonchev–Trinajstić information content (AvgIpc) is 2.77. The lowest BCUT2D eigenvalue weighted by atomic mass is 9.86. The zero-order valence-corrected chi connectivity index (χ0v) is 19.6. The molecule has 5 nitrogen and oxygen atoms in total. The Kier molecular flexibility index (Phi) is 7.02. The van der Waals surface area contributed by atoms with Gasteiger partial charge in [-0.05, 0) is 83.9 Å². The monoisotopic (exact) mass is 485 g/mol. The molecular formula is C24H29BrFN5. The molecule has 31 heavy (non-hydrogen) atoms. The van der Waals surface area contributed by atoms with Gasteiger partial charge in [-0.1, -0.05) is 18.2 Å². The Bertz CT molecular complexity index is 1030. The summed E-state index contributed by atoms with van der Waals surface area (Å²) in [5, 5.41) is 8.17. The van der Waals surface area contributed by atoms with E-state index < -0.39 is 0 Å². The molecule has 0 amide bonds. The standard InChI is InChI=1S/C24H29BrFN5/c1-31(2)23-19-5-3-4-6-22(19)29-24(30-23)28-18-10-7-16(8-11-18)14-27-15-17-9-12-21(26)20(25)13-17/h3-6,9,12-13,16,18,27H,7-8,10-11,14-15H2,1-2H3,(H,28,29,30). The van der Waals surface area contributed by atoms with E-state index in [0.717, 1.165) is 48.2 Å². The molecule has 0 atom stereocenters. The number of hydrogen-bond donors (Lipinski definition) is 2. The smallest absolute Gasteiger partial charge is 0.225 e. The van der Waals surface area contributed by atoms with Crippen molar-refractivity contribution >= 4 is 38.6 Å². The minimum absolute atomic E-state index is 0.220. The zero-order valence-electron chi connectivity index (χ0n) is 18.0. The minimum Gasteiger partial charge on any atom is -0.362 e. The maximum atomic E-state index is 13.4. The molecule has 2 aromatic carbocycles. The summed E-state index contributed by atoms with van der Waals surface area (Å²) < 4.78 is 13.9. The van der Waals surface area contributed by atoms with Crippen LogP contribution in [0.1, 0.15) is 31.2 Å². The van der Waals surface area contributed by atoms with Gasteiger partial charge in [-0.25, -0.2) is 9.37 Å². The Morgan fingerprint density at radius 3 is 2.58 bits per heavy atom. The fourth-order valence-corrected chi connectivity index (χ4v) is 4.66. The van der Waals surface area contributed by atoms with Crippen molar-refractivity contribution < 1.29 is 4.39 Å². The Labute approximate surface area is 191 Å². The van der Waals surface area contributed by atoms with E-state index in [1.165, 1.54) is 18.9 Å². The number of halogens is 2. The number of rotatable bonds is 7. The van der Waals surface area contributed by atoms with Crippen LogP contribution in [0.2, 0.25) is 0 Å². The second-order valence-corrected chi connectivity index (χ2v) is 9.38. The highest BCUT2D eigenvalue weighted by molar-refractivity contribution is 9.10. The molecule has 7 heteroatoms. The molecule has 1 aromatic heterocycles. The number of fused-ring (bicyclic) bond motifs is 1. The third-order valence-corrected chi connectivity index (χ3v) is 6.54. The van der Waals surface area contributed by atoms with Gasteiger partial charge in [0.05, 0.1) is 9.99 Å². The fraction of sp³-hybridized carbons (Fsp3) is 0.417. The second kappa shape index (κ2) is 9.92. The van der Waals surface area contributed by atoms with Crippen molar-refractivity contribution in [2.75, 3.05) is 30.9 Å². The lowest BCUT2D eigenvalue weighted by molar-refractivity contribution is 0.324. The summed E-state index contributed by atoms with van der Waals surface area (Å²) in [6, 6.07) is 13.7. The van der Waals surface area contributed by atoms with E-state index in [2.05, 4.69) is 32.6 Å². The van der Waals surface area contributed by atoms with E-state index in [4.69, 9.17) is 9.97 Å². The minimum atomic E-state index is -0.220. The van der Waals surface area contributed by atoms with Gasteiger partial charge in [-0.15, -0.1) is 0 Å². The topological polar surface area (TPSA) is 53.1 Å². The van der Waals surface area contributed by atoms with Crippen molar-refractivity contribution in [2.45, 2.75) is 38.3 Å². The van der Waals surface area contributed by atoms with Gasteiger partial charge >= 0.3 is 0 Å². The SMILES string of the molecule is CN(C)c1nc(NC2CCC(CNCc3ccc(F)c(Br)c3)CC2)nc2ccccc12. The van der Waals surface area contributed by atoms with Crippen LogP contribution in [-0.2, 0) is 6.54 Å². The molecule has 4 rings (SSSR count). The van der Waals surface area contributed by atoms with Crippen LogP contribution in [0.3, 0.4) is 0 Å². The molecule has 0 radical (unpaired) electrons. The van der Waals surface area contributed by atoms with Gasteiger partial charge in [0.2, 0.25) is 5.95 Å². The number of nitrogens with one attached hydrogen (secondary N) is 2. The van der Waals surface area contributed by atoms with E-state index in [0.29, 0.717) is 22.4 Å². The first-order valence-electron chi connectivity index (χ1n) is 10.8. The highest BCUT2D eigenvalue weighted by Crippen LogP contribution is 2.28. The number of benzene rings is 2. The Morgan fingerprint density at radius 1 is 1.06 bits per heavy atom. The van der Waals surface area contributed by atoms with Gasteiger partial charge in [-0.2, -0.15) is 4.98 Å². The largest absolute Gasteiger partial charge is 0.362 e. The average molecular weight is 486 g/mol. The van der Waals surface area contributed by atoms with Crippen molar-refractivity contribution in [1.82, 2.24) is 15.3 Å². The van der Waals surface area contributed by atoms with Gasteiger partial charge in [-0.3, -0.25) is 0 Å². The van der Waals surface area contributed by atoms with Gasteiger partial charge < -0.3 is 15.5 Å². The second-order valence-electron chi connectivity index (χ2n) is 8.52. The maximum Gasteiger partial charge on any atom is 0.225 e. The van der Waals surface area contributed by atoms with Crippen molar-refractivity contribution in [3.8, 4) is 0 Å². The Balaban J connectivity index is 1.29. The molecule has 1 aliphatic rings. The third-order valence-electron chi connectivity index (χ3n) is 5.93. The number of aromatic nitrogens is 2. The number of nitrogens with zero attached hydrogens (tertiary/aromatic N) is 3. The predicted molar refractivity (Wildman–Crippen MR) is 129 cm³/mol. The van der Waals surface area contributed by atoms with Crippen LogP contribution >= 0.6 is 15.9 Å². The molecule has 0 saturated heterocycles. The molecule has 2 N–H and O–H groups in total. The van der Waals surface area contributed by atoms with Gasteiger partial charge in [0, 0.05) is 32.1 Å². The van der Waals surface area contributed by atoms with Crippen LogP contribution in [0, 0.1) is 11.7 Å². The molecule has 1 saturated carbocycles. The van der Waals surface area contributed by atoms with Gasteiger partial charge in [0.25, 0.3) is 0 Å². The number of hydrogen-bond acceptors (Lipinski definition) is 5. The van der Waals surface area contributed by atoms with Crippen molar-refractivity contribution in [1.29, 1.82) is 0 Å².